The third kappa shape index (κ3) is 7.97. The molecule has 0 unspecified atom stereocenters. The van der Waals surface area contributed by atoms with Gasteiger partial charge in [-0.1, -0.05) is 91.0 Å². The molecule has 2 amide bonds. The molecule has 2 heterocycles. The predicted octanol–water partition coefficient (Wildman–Crippen LogP) is 5.43. The van der Waals surface area contributed by atoms with Gasteiger partial charge in [-0.3, -0.25) is 9.89 Å². The third-order valence-corrected chi connectivity index (χ3v) is 8.39. The summed E-state index contributed by atoms with van der Waals surface area (Å²) in [7, 11) is 1.29. The maximum atomic E-state index is 14.1. The fourth-order valence-corrected chi connectivity index (χ4v) is 6.06. The van der Waals surface area contributed by atoms with Crippen molar-refractivity contribution in [2.45, 2.75) is 37.0 Å². The van der Waals surface area contributed by atoms with Gasteiger partial charge in [0, 0.05) is 30.1 Å². The second-order valence-electron chi connectivity index (χ2n) is 11.5. The Morgan fingerprint density at radius 2 is 1.60 bits per heavy atom. The molecular weight excluding hydrogens is 594 g/mol. The first-order valence-corrected chi connectivity index (χ1v) is 15.8. The number of morpholine rings is 1. The van der Waals surface area contributed by atoms with E-state index in [1.807, 2.05) is 103 Å². The Kier molecular flexibility index (Phi) is 10.4. The molecular formula is C37H39N5O5. The zero-order valence-electron chi connectivity index (χ0n) is 26.2. The van der Waals surface area contributed by atoms with Crippen LogP contribution in [-0.4, -0.2) is 67.3 Å². The summed E-state index contributed by atoms with van der Waals surface area (Å²) in [4.78, 5) is 26.6. The van der Waals surface area contributed by atoms with E-state index >= 15 is 0 Å². The maximum absolute atomic E-state index is 14.1. The zero-order valence-corrected chi connectivity index (χ0v) is 26.2. The van der Waals surface area contributed by atoms with Crippen molar-refractivity contribution in [2.75, 3.05) is 32.1 Å². The molecule has 4 N–H and O–H groups in total. The number of aryl methyl sites for hydroxylation is 1. The maximum Gasteiger partial charge on any atom is 0.407 e. The topological polar surface area (TPSA) is 127 Å². The summed E-state index contributed by atoms with van der Waals surface area (Å²) in [5.41, 5.74) is 4.32. The Morgan fingerprint density at radius 1 is 0.894 bits per heavy atom. The van der Waals surface area contributed by atoms with Crippen molar-refractivity contribution >= 4 is 28.6 Å². The highest BCUT2D eigenvalue weighted by atomic mass is 16.5. The first kappa shape index (κ1) is 31.8. The lowest BCUT2D eigenvalue weighted by atomic mass is 9.84. The number of nitrogens with one attached hydrogen (secondary N) is 4. The van der Waals surface area contributed by atoms with Crippen LogP contribution in [0.2, 0.25) is 0 Å². The summed E-state index contributed by atoms with van der Waals surface area (Å²) in [5.74, 6) is -0.0532. The van der Waals surface area contributed by atoms with Crippen LogP contribution in [0.1, 0.15) is 29.0 Å². The van der Waals surface area contributed by atoms with Gasteiger partial charge < -0.3 is 30.2 Å². The largest absolute Gasteiger partial charge is 0.489 e. The van der Waals surface area contributed by atoms with E-state index in [4.69, 9.17) is 14.2 Å². The van der Waals surface area contributed by atoms with Crippen LogP contribution in [0.25, 0.3) is 10.9 Å². The van der Waals surface area contributed by atoms with Gasteiger partial charge in [-0.15, -0.1) is 0 Å². The van der Waals surface area contributed by atoms with Crippen molar-refractivity contribution in [1.29, 1.82) is 0 Å². The van der Waals surface area contributed by atoms with E-state index in [1.165, 1.54) is 7.11 Å². The molecule has 5 aromatic rings. The second kappa shape index (κ2) is 15.4. The number of carbonyl (C=O) groups is 2. The number of alkyl carbamates (subject to hydrolysis) is 1. The molecule has 0 radical (unpaired) electrons. The Labute approximate surface area is 273 Å². The van der Waals surface area contributed by atoms with Crippen LogP contribution in [0, 0.1) is 0 Å². The molecule has 0 saturated carbocycles. The highest BCUT2D eigenvalue weighted by Gasteiger charge is 2.33. The van der Waals surface area contributed by atoms with Crippen molar-refractivity contribution in [3.05, 3.63) is 126 Å². The third-order valence-electron chi connectivity index (χ3n) is 8.39. The van der Waals surface area contributed by atoms with Gasteiger partial charge in [0.15, 0.2) is 0 Å². The summed E-state index contributed by atoms with van der Waals surface area (Å²) in [6.07, 6.45) is 2.38. The summed E-state index contributed by atoms with van der Waals surface area (Å²) < 4.78 is 17.5. The minimum absolute atomic E-state index is 0.0293. The smallest absolute Gasteiger partial charge is 0.407 e. The molecule has 4 aromatic carbocycles. The molecule has 1 aromatic heterocycles. The molecule has 0 spiro atoms. The van der Waals surface area contributed by atoms with Gasteiger partial charge in [-0.2, -0.15) is 5.10 Å². The first-order chi connectivity index (χ1) is 23.1. The van der Waals surface area contributed by atoms with Gasteiger partial charge in [0.05, 0.1) is 19.4 Å². The number of H-pyrrole nitrogens is 1. The number of fused-ring (bicyclic) bond motifs is 1. The molecule has 242 valence electrons. The van der Waals surface area contributed by atoms with Crippen LogP contribution in [0.15, 0.2) is 109 Å². The number of para-hydroxylation sites is 2. The minimum atomic E-state index is -0.945. The number of aromatic nitrogens is 2. The quantitative estimate of drug-likeness (QED) is 0.144. The highest BCUT2D eigenvalue weighted by molar-refractivity contribution is 5.98. The normalized spacial score (nSPS) is 16.8. The molecule has 6 rings (SSSR count). The van der Waals surface area contributed by atoms with E-state index in [-0.39, 0.29) is 18.1 Å². The van der Waals surface area contributed by atoms with Crippen LogP contribution >= 0.6 is 0 Å². The number of rotatable bonds is 12. The Morgan fingerprint density at radius 3 is 2.34 bits per heavy atom. The zero-order chi connectivity index (χ0) is 32.4. The molecule has 3 atom stereocenters. The van der Waals surface area contributed by atoms with Crippen molar-refractivity contribution in [3.63, 3.8) is 0 Å². The van der Waals surface area contributed by atoms with E-state index in [9.17, 15) is 9.59 Å². The fraction of sp³-hybridized carbons (Fsp3) is 0.270. The van der Waals surface area contributed by atoms with Crippen molar-refractivity contribution in [1.82, 2.24) is 20.8 Å². The molecule has 0 aliphatic carbocycles. The minimum Gasteiger partial charge on any atom is -0.489 e. The van der Waals surface area contributed by atoms with Crippen LogP contribution in [0.5, 0.6) is 5.75 Å². The van der Waals surface area contributed by atoms with Crippen molar-refractivity contribution in [3.8, 4) is 5.75 Å². The molecule has 0 bridgehead atoms. The van der Waals surface area contributed by atoms with Crippen LogP contribution in [0.3, 0.4) is 0 Å². The van der Waals surface area contributed by atoms with Crippen LogP contribution < -0.4 is 20.7 Å². The summed E-state index contributed by atoms with van der Waals surface area (Å²) in [5, 5.41) is 17.5. The molecule has 1 saturated heterocycles. The number of hydrogen-bond donors (Lipinski definition) is 4. The first-order valence-electron chi connectivity index (χ1n) is 15.8. The number of carbonyl (C=O) groups excluding carboxylic acids is 2. The van der Waals surface area contributed by atoms with E-state index < -0.39 is 18.1 Å². The Bertz CT molecular complexity index is 1720. The second-order valence-corrected chi connectivity index (χ2v) is 11.5. The molecule has 10 heteroatoms. The SMILES string of the molecule is COC(=O)N[C@H](C(=O)Nc1ccccc1CC[C@@H]1CNC[C@@H](COc2cccc3cn[nH]c23)O1)C(c1ccccc1)c1ccccc1. The van der Waals surface area contributed by atoms with E-state index in [0.717, 1.165) is 46.3 Å². The number of benzene rings is 4. The van der Waals surface area contributed by atoms with Crippen molar-refractivity contribution < 1.29 is 23.8 Å². The molecule has 1 aliphatic rings. The van der Waals surface area contributed by atoms with Gasteiger partial charge >= 0.3 is 6.09 Å². The lowest BCUT2D eigenvalue weighted by molar-refractivity contribution is -0.118. The molecule has 47 heavy (non-hydrogen) atoms. The molecule has 1 aliphatic heterocycles. The summed E-state index contributed by atoms with van der Waals surface area (Å²) >= 11 is 0. The predicted molar refractivity (Wildman–Crippen MR) is 181 cm³/mol. The highest BCUT2D eigenvalue weighted by Crippen LogP contribution is 2.30. The Balaban J connectivity index is 1.13. The monoisotopic (exact) mass is 633 g/mol. The number of aromatic amines is 1. The van der Waals surface area contributed by atoms with E-state index in [0.29, 0.717) is 25.3 Å². The van der Waals surface area contributed by atoms with Crippen LogP contribution in [-0.2, 0) is 20.7 Å². The van der Waals surface area contributed by atoms with Crippen molar-refractivity contribution in [2.24, 2.45) is 0 Å². The van der Waals surface area contributed by atoms with Gasteiger partial charge in [0.1, 0.15) is 30.0 Å². The Hall–Kier alpha value is -5.19. The lowest BCUT2D eigenvalue weighted by Crippen LogP contribution is -2.48. The van der Waals surface area contributed by atoms with Crippen LogP contribution in [0.4, 0.5) is 10.5 Å². The number of nitrogens with zero attached hydrogens (tertiary/aromatic N) is 1. The standard InChI is InChI=1S/C37H39N5O5/c1-45-37(44)41-35(33(26-12-4-2-5-13-26)27-14-6-3-7-15-27)36(43)40-31-17-9-8-11-25(31)19-20-29-22-38-23-30(47-29)24-46-32-18-10-16-28-21-39-42-34(28)32/h2-18,21,29-30,33,35,38H,19-20,22-24H2,1H3,(H,39,42)(H,40,43)(H,41,44)/t29-,30+,35+/m1/s1. The van der Waals surface area contributed by atoms with Gasteiger partial charge in [0.25, 0.3) is 0 Å². The van der Waals surface area contributed by atoms with Gasteiger partial charge in [0.2, 0.25) is 5.91 Å². The average Bonchev–Trinajstić information content (AvgIpc) is 3.61. The number of amides is 2. The number of methoxy groups -OCH3 is 1. The number of anilines is 1. The fourth-order valence-electron chi connectivity index (χ4n) is 6.06. The number of hydrogen-bond acceptors (Lipinski definition) is 7. The van der Waals surface area contributed by atoms with Gasteiger partial charge in [-0.05, 0) is 41.7 Å². The lowest BCUT2D eigenvalue weighted by Gasteiger charge is -2.31. The molecule has 10 nitrogen and oxygen atoms in total. The summed E-state index contributed by atoms with van der Waals surface area (Å²) in [6.45, 7) is 1.83. The number of ether oxygens (including phenoxy) is 3. The average molecular weight is 634 g/mol. The van der Waals surface area contributed by atoms with E-state index in [2.05, 4.69) is 26.1 Å². The van der Waals surface area contributed by atoms with Gasteiger partial charge in [-0.25, -0.2) is 4.79 Å². The summed E-state index contributed by atoms with van der Waals surface area (Å²) in [6, 6.07) is 32.0. The molecule has 1 fully saturated rings. The van der Waals surface area contributed by atoms with E-state index in [1.54, 1.807) is 6.20 Å².